The maximum atomic E-state index is 13.7. The minimum Gasteiger partial charge on any atom is -0.444 e. The van der Waals surface area contributed by atoms with Crippen molar-refractivity contribution in [1.82, 2.24) is 0 Å². The summed E-state index contributed by atoms with van der Waals surface area (Å²) >= 11 is 0. The van der Waals surface area contributed by atoms with Crippen LogP contribution in [0.2, 0.25) is 0 Å². The van der Waals surface area contributed by atoms with Gasteiger partial charge < -0.3 is 15.6 Å². The summed E-state index contributed by atoms with van der Waals surface area (Å²) in [5.74, 6) is -0.588. The Morgan fingerprint density at radius 3 is 2.50 bits per heavy atom. The molecule has 1 unspecified atom stereocenters. The molecule has 1 amide bonds. The molecule has 0 fully saturated rings. The number of ether oxygens (including phenoxy) is 1. The van der Waals surface area contributed by atoms with Crippen molar-refractivity contribution in [3.05, 3.63) is 29.6 Å². The van der Waals surface area contributed by atoms with Gasteiger partial charge in [0.2, 0.25) is 0 Å². The second kappa shape index (κ2) is 5.76. The molecule has 0 saturated heterocycles. The third kappa shape index (κ3) is 4.47. The number of halogens is 1. The minimum atomic E-state index is -1.50. The van der Waals surface area contributed by atoms with E-state index in [9.17, 15) is 14.3 Å². The van der Waals surface area contributed by atoms with Crippen LogP contribution < -0.4 is 11.1 Å². The molecule has 1 rings (SSSR count). The van der Waals surface area contributed by atoms with Crippen molar-refractivity contribution in [3.63, 3.8) is 0 Å². The average molecular weight is 284 g/mol. The first kappa shape index (κ1) is 16.4. The number of benzene rings is 1. The third-order valence-electron chi connectivity index (χ3n) is 2.59. The number of rotatable bonds is 3. The molecule has 6 heteroatoms. The van der Waals surface area contributed by atoms with Crippen LogP contribution in [0.1, 0.15) is 33.3 Å². The van der Waals surface area contributed by atoms with Crippen LogP contribution in [-0.2, 0) is 10.3 Å². The summed E-state index contributed by atoms with van der Waals surface area (Å²) in [4.78, 5) is 11.6. The number of amides is 1. The van der Waals surface area contributed by atoms with Crippen molar-refractivity contribution < 1.29 is 19.0 Å². The van der Waals surface area contributed by atoms with Crippen molar-refractivity contribution >= 4 is 11.8 Å². The van der Waals surface area contributed by atoms with Crippen molar-refractivity contribution in [1.29, 1.82) is 0 Å². The number of hydrogen-bond donors (Lipinski definition) is 3. The number of carbonyl (C=O) groups excluding carboxylic acids is 1. The number of hydrogen-bond acceptors (Lipinski definition) is 4. The van der Waals surface area contributed by atoms with Crippen molar-refractivity contribution in [2.45, 2.75) is 38.9 Å². The van der Waals surface area contributed by atoms with Crippen LogP contribution in [0.15, 0.2) is 18.2 Å². The zero-order valence-corrected chi connectivity index (χ0v) is 12.2. The summed E-state index contributed by atoms with van der Waals surface area (Å²) in [5.41, 5.74) is 3.62. The zero-order chi connectivity index (χ0) is 15.6. The van der Waals surface area contributed by atoms with E-state index in [-0.39, 0.29) is 12.1 Å². The van der Waals surface area contributed by atoms with Gasteiger partial charge in [-0.25, -0.2) is 9.18 Å². The number of nitrogens with one attached hydrogen (secondary N) is 1. The van der Waals surface area contributed by atoms with Gasteiger partial charge in [0.25, 0.3) is 0 Å². The lowest BCUT2D eigenvalue weighted by atomic mass is 9.95. The SMILES string of the molecule is CC(C)(C)OC(=O)Nc1ccc(F)c(C(C)(O)CN)c1. The Labute approximate surface area is 117 Å². The van der Waals surface area contributed by atoms with Crippen LogP contribution in [0.5, 0.6) is 0 Å². The smallest absolute Gasteiger partial charge is 0.412 e. The molecule has 0 radical (unpaired) electrons. The number of carbonyl (C=O) groups is 1. The highest BCUT2D eigenvalue weighted by atomic mass is 19.1. The van der Waals surface area contributed by atoms with E-state index < -0.39 is 23.1 Å². The number of anilines is 1. The molecule has 4 N–H and O–H groups in total. The summed E-state index contributed by atoms with van der Waals surface area (Å²) in [6, 6.07) is 3.88. The normalized spacial score (nSPS) is 14.6. The molecule has 0 aliphatic rings. The van der Waals surface area contributed by atoms with Crippen LogP contribution in [0.3, 0.4) is 0 Å². The lowest BCUT2D eigenvalue weighted by molar-refractivity contribution is 0.0616. The van der Waals surface area contributed by atoms with Crippen molar-refractivity contribution in [3.8, 4) is 0 Å². The topological polar surface area (TPSA) is 84.6 Å². The van der Waals surface area contributed by atoms with Crippen LogP contribution in [0.25, 0.3) is 0 Å². The summed E-state index contributed by atoms with van der Waals surface area (Å²) in [5, 5.41) is 12.5. The second-order valence-corrected chi connectivity index (χ2v) is 5.80. The van der Waals surface area contributed by atoms with Crippen LogP contribution in [-0.4, -0.2) is 23.3 Å². The molecule has 112 valence electrons. The molecule has 1 aromatic rings. The van der Waals surface area contributed by atoms with Gasteiger partial charge in [0, 0.05) is 17.8 Å². The number of nitrogens with two attached hydrogens (primary N) is 1. The molecule has 0 aliphatic heterocycles. The Morgan fingerprint density at radius 1 is 1.40 bits per heavy atom. The molecule has 0 bridgehead atoms. The molecule has 1 aromatic carbocycles. The fourth-order valence-corrected chi connectivity index (χ4v) is 1.55. The van der Waals surface area contributed by atoms with Gasteiger partial charge in [0.15, 0.2) is 0 Å². The van der Waals surface area contributed by atoms with Crippen LogP contribution >= 0.6 is 0 Å². The van der Waals surface area contributed by atoms with E-state index in [1.165, 1.54) is 19.1 Å². The molecule has 0 aromatic heterocycles. The maximum absolute atomic E-state index is 13.7. The van der Waals surface area contributed by atoms with E-state index in [1.807, 2.05) is 0 Å². The van der Waals surface area contributed by atoms with Crippen LogP contribution in [0.4, 0.5) is 14.9 Å². The standard InChI is InChI=1S/C14H21FN2O3/c1-13(2,3)20-12(18)17-9-5-6-11(15)10(7-9)14(4,19)8-16/h5-7,19H,8,16H2,1-4H3,(H,17,18). The first-order chi connectivity index (χ1) is 9.05. The summed E-state index contributed by atoms with van der Waals surface area (Å²) < 4.78 is 18.8. The molecule has 0 saturated carbocycles. The Bertz CT molecular complexity index is 496. The molecule has 0 aliphatic carbocycles. The molecule has 20 heavy (non-hydrogen) atoms. The van der Waals surface area contributed by atoms with Crippen molar-refractivity contribution in [2.24, 2.45) is 5.73 Å². The first-order valence-corrected chi connectivity index (χ1v) is 6.27. The van der Waals surface area contributed by atoms with E-state index in [0.29, 0.717) is 5.69 Å². The lowest BCUT2D eigenvalue weighted by Crippen LogP contribution is -2.32. The van der Waals surface area contributed by atoms with E-state index in [4.69, 9.17) is 10.5 Å². The van der Waals surface area contributed by atoms with E-state index in [1.54, 1.807) is 20.8 Å². The Kier molecular flexibility index (Phi) is 4.73. The largest absolute Gasteiger partial charge is 0.444 e. The van der Waals surface area contributed by atoms with E-state index in [0.717, 1.165) is 6.07 Å². The third-order valence-corrected chi connectivity index (χ3v) is 2.59. The van der Waals surface area contributed by atoms with E-state index in [2.05, 4.69) is 5.32 Å². The van der Waals surface area contributed by atoms with E-state index >= 15 is 0 Å². The molecular formula is C14H21FN2O3. The summed E-state index contributed by atoms with van der Waals surface area (Å²) in [6.45, 7) is 6.48. The monoisotopic (exact) mass is 284 g/mol. The fourth-order valence-electron chi connectivity index (χ4n) is 1.55. The molecule has 0 heterocycles. The fraction of sp³-hybridized carbons (Fsp3) is 0.500. The zero-order valence-electron chi connectivity index (χ0n) is 12.2. The molecule has 5 nitrogen and oxygen atoms in total. The predicted octanol–water partition coefficient (Wildman–Crippen LogP) is 2.34. The highest BCUT2D eigenvalue weighted by Gasteiger charge is 2.25. The van der Waals surface area contributed by atoms with Crippen molar-refractivity contribution in [2.75, 3.05) is 11.9 Å². The Balaban J connectivity index is 2.94. The van der Waals surface area contributed by atoms with Gasteiger partial charge in [0.1, 0.15) is 17.0 Å². The average Bonchev–Trinajstić information content (AvgIpc) is 2.29. The number of aliphatic hydroxyl groups is 1. The van der Waals surface area contributed by atoms with Gasteiger partial charge in [-0.1, -0.05) is 0 Å². The minimum absolute atomic E-state index is 0.0218. The lowest BCUT2D eigenvalue weighted by Gasteiger charge is -2.23. The molecule has 0 spiro atoms. The van der Waals surface area contributed by atoms with Gasteiger partial charge in [-0.3, -0.25) is 5.32 Å². The molecular weight excluding hydrogens is 263 g/mol. The highest BCUT2D eigenvalue weighted by Crippen LogP contribution is 2.25. The first-order valence-electron chi connectivity index (χ1n) is 6.27. The molecule has 1 atom stereocenters. The van der Waals surface area contributed by atoms with Gasteiger partial charge in [-0.2, -0.15) is 0 Å². The van der Waals surface area contributed by atoms with Gasteiger partial charge in [-0.15, -0.1) is 0 Å². The van der Waals surface area contributed by atoms with Gasteiger partial charge >= 0.3 is 6.09 Å². The predicted molar refractivity (Wildman–Crippen MR) is 74.9 cm³/mol. The maximum Gasteiger partial charge on any atom is 0.412 e. The quantitative estimate of drug-likeness (QED) is 0.795. The Morgan fingerprint density at radius 2 is 2.00 bits per heavy atom. The van der Waals surface area contributed by atoms with Gasteiger partial charge in [-0.05, 0) is 45.9 Å². The summed E-state index contributed by atoms with van der Waals surface area (Å²) in [7, 11) is 0. The van der Waals surface area contributed by atoms with Crippen LogP contribution in [0, 0.1) is 5.82 Å². The summed E-state index contributed by atoms with van der Waals surface area (Å²) in [6.07, 6.45) is -0.651. The Hall–Kier alpha value is -1.66. The van der Waals surface area contributed by atoms with Gasteiger partial charge in [0.05, 0.1) is 0 Å². The highest BCUT2D eigenvalue weighted by molar-refractivity contribution is 5.85. The second-order valence-electron chi connectivity index (χ2n) is 5.80.